The number of nitro groups is 1. The second-order valence-electron chi connectivity index (χ2n) is 7.40. The number of halogens is 1. The summed E-state index contributed by atoms with van der Waals surface area (Å²) in [7, 11) is 0. The Morgan fingerprint density at radius 2 is 1.77 bits per heavy atom. The van der Waals surface area contributed by atoms with Gasteiger partial charge in [0.15, 0.2) is 0 Å². The first kappa shape index (κ1) is 20.3. The van der Waals surface area contributed by atoms with Gasteiger partial charge in [-0.25, -0.2) is 9.97 Å². The quantitative estimate of drug-likeness (QED) is 0.388. The summed E-state index contributed by atoms with van der Waals surface area (Å²) in [5.74, 6) is 1.16. The average Bonchev–Trinajstić information content (AvgIpc) is 2.76. The molecule has 1 aliphatic rings. The standard InChI is InChI=1S/C22H22BrN5O2/c23-18-6-8-19(9-7-18)26-21-20(28(29)30)22(25-15-24-21)27-12-10-17(11-13-27)14-16-4-2-1-3-5-16/h1-9,15,17H,10-14H2,(H,24,25,26). The average molecular weight is 468 g/mol. The van der Waals surface area contributed by atoms with Crippen LogP contribution in [0.1, 0.15) is 18.4 Å². The summed E-state index contributed by atoms with van der Waals surface area (Å²) in [5, 5.41) is 14.9. The summed E-state index contributed by atoms with van der Waals surface area (Å²) in [6.07, 6.45) is 4.38. The van der Waals surface area contributed by atoms with Gasteiger partial charge in [0, 0.05) is 23.2 Å². The van der Waals surface area contributed by atoms with E-state index in [1.54, 1.807) is 0 Å². The molecule has 0 bridgehead atoms. The van der Waals surface area contributed by atoms with Crippen LogP contribution in [0, 0.1) is 16.0 Å². The molecular formula is C22H22BrN5O2. The van der Waals surface area contributed by atoms with Crippen LogP contribution in [0.25, 0.3) is 0 Å². The molecule has 1 N–H and O–H groups in total. The molecule has 3 aromatic rings. The van der Waals surface area contributed by atoms with Crippen LogP contribution in [0.5, 0.6) is 0 Å². The van der Waals surface area contributed by atoms with Crippen molar-refractivity contribution in [1.29, 1.82) is 0 Å². The number of benzene rings is 2. The Morgan fingerprint density at radius 1 is 1.07 bits per heavy atom. The predicted octanol–water partition coefficient (Wildman–Crippen LogP) is 5.35. The Kier molecular flexibility index (Phi) is 6.23. The number of hydrogen-bond donors (Lipinski definition) is 1. The van der Waals surface area contributed by atoms with Crippen LogP contribution in [0.3, 0.4) is 0 Å². The van der Waals surface area contributed by atoms with E-state index in [-0.39, 0.29) is 11.5 Å². The highest BCUT2D eigenvalue weighted by Gasteiger charge is 2.30. The zero-order chi connectivity index (χ0) is 20.9. The van der Waals surface area contributed by atoms with Gasteiger partial charge in [-0.1, -0.05) is 46.3 Å². The Morgan fingerprint density at radius 3 is 2.43 bits per heavy atom. The molecule has 2 aromatic carbocycles. The molecule has 1 aromatic heterocycles. The van der Waals surface area contributed by atoms with Gasteiger partial charge in [-0.3, -0.25) is 10.1 Å². The van der Waals surface area contributed by atoms with Crippen LogP contribution >= 0.6 is 15.9 Å². The van der Waals surface area contributed by atoms with E-state index in [1.165, 1.54) is 11.9 Å². The minimum absolute atomic E-state index is 0.0815. The van der Waals surface area contributed by atoms with Crippen molar-refractivity contribution in [2.24, 2.45) is 5.92 Å². The molecule has 154 valence electrons. The van der Waals surface area contributed by atoms with E-state index in [4.69, 9.17) is 0 Å². The zero-order valence-corrected chi connectivity index (χ0v) is 18.0. The smallest absolute Gasteiger partial charge is 0.351 e. The molecule has 7 nitrogen and oxygen atoms in total. The lowest BCUT2D eigenvalue weighted by molar-refractivity contribution is -0.383. The van der Waals surface area contributed by atoms with Crippen LogP contribution in [0.2, 0.25) is 0 Å². The van der Waals surface area contributed by atoms with Crippen LogP contribution in [-0.4, -0.2) is 28.0 Å². The maximum absolute atomic E-state index is 11.9. The molecule has 2 heterocycles. The summed E-state index contributed by atoms with van der Waals surface area (Å²) in [6.45, 7) is 1.49. The number of nitrogens with zero attached hydrogens (tertiary/aromatic N) is 4. The van der Waals surface area contributed by atoms with Gasteiger partial charge in [-0.2, -0.15) is 0 Å². The first-order chi connectivity index (χ1) is 14.6. The molecule has 0 atom stereocenters. The minimum atomic E-state index is -0.396. The fourth-order valence-corrected chi connectivity index (χ4v) is 4.09. The van der Waals surface area contributed by atoms with Gasteiger partial charge >= 0.3 is 5.69 Å². The van der Waals surface area contributed by atoms with Crippen LogP contribution in [0.4, 0.5) is 23.0 Å². The third-order valence-electron chi connectivity index (χ3n) is 5.37. The van der Waals surface area contributed by atoms with Crippen molar-refractivity contribution in [1.82, 2.24) is 9.97 Å². The molecule has 0 unspecified atom stereocenters. The van der Waals surface area contributed by atoms with Gasteiger partial charge in [0.1, 0.15) is 6.33 Å². The van der Waals surface area contributed by atoms with Gasteiger partial charge in [-0.15, -0.1) is 0 Å². The molecule has 0 saturated carbocycles. The van der Waals surface area contributed by atoms with Crippen LogP contribution < -0.4 is 10.2 Å². The molecule has 4 rings (SSSR count). The monoisotopic (exact) mass is 467 g/mol. The fraction of sp³-hybridized carbons (Fsp3) is 0.273. The Hall–Kier alpha value is -3.00. The van der Waals surface area contributed by atoms with Crippen molar-refractivity contribution >= 4 is 38.9 Å². The number of hydrogen-bond acceptors (Lipinski definition) is 6. The van der Waals surface area contributed by atoms with E-state index < -0.39 is 4.92 Å². The Labute approximate surface area is 183 Å². The number of aromatic nitrogens is 2. The summed E-state index contributed by atoms with van der Waals surface area (Å²) < 4.78 is 0.935. The number of rotatable bonds is 6. The second-order valence-corrected chi connectivity index (χ2v) is 8.32. The molecule has 0 spiro atoms. The molecule has 0 radical (unpaired) electrons. The number of anilines is 3. The van der Waals surface area contributed by atoms with Crippen molar-refractivity contribution in [3.05, 3.63) is 81.1 Å². The molecule has 0 amide bonds. The lowest BCUT2D eigenvalue weighted by Crippen LogP contribution is -2.35. The van der Waals surface area contributed by atoms with Crippen molar-refractivity contribution in [3.63, 3.8) is 0 Å². The molecule has 8 heteroatoms. The molecule has 0 aliphatic carbocycles. The van der Waals surface area contributed by atoms with Gasteiger partial charge < -0.3 is 10.2 Å². The van der Waals surface area contributed by atoms with Crippen molar-refractivity contribution < 1.29 is 4.92 Å². The molecule has 30 heavy (non-hydrogen) atoms. The van der Waals surface area contributed by atoms with Gasteiger partial charge in [0.25, 0.3) is 0 Å². The normalized spacial score (nSPS) is 14.5. The first-order valence-electron chi connectivity index (χ1n) is 9.91. The van der Waals surface area contributed by atoms with Gasteiger partial charge in [0.2, 0.25) is 11.6 Å². The van der Waals surface area contributed by atoms with Crippen LogP contribution in [0.15, 0.2) is 65.4 Å². The van der Waals surface area contributed by atoms with Crippen LogP contribution in [-0.2, 0) is 6.42 Å². The lowest BCUT2D eigenvalue weighted by atomic mass is 9.90. The first-order valence-corrected chi connectivity index (χ1v) is 10.7. The van der Waals surface area contributed by atoms with E-state index in [0.29, 0.717) is 11.7 Å². The van der Waals surface area contributed by atoms with E-state index in [2.05, 4.69) is 55.5 Å². The highest BCUT2D eigenvalue weighted by atomic mass is 79.9. The molecule has 1 fully saturated rings. The summed E-state index contributed by atoms with van der Waals surface area (Å²) in [5.41, 5.74) is 1.99. The van der Waals surface area contributed by atoms with E-state index in [1.807, 2.05) is 35.2 Å². The number of piperidine rings is 1. The topological polar surface area (TPSA) is 84.2 Å². The minimum Gasteiger partial charge on any atom is -0.351 e. The SMILES string of the molecule is O=[N+]([O-])c1c(Nc2ccc(Br)cc2)ncnc1N1CCC(Cc2ccccc2)CC1. The van der Waals surface area contributed by atoms with Gasteiger partial charge in [-0.05, 0) is 55.0 Å². The zero-order valence-electron chi connectivity index (χ0n) is 16.4. The van der Waals surface area contributed by atoms with Crippen molar-refractivity contribution in [2.75, 3.05) is 23.3 Å². The van der Waals surface area contributed by atoms with Gasteiger partial charge in [0.05, 0.1) is 4.92 Å². The highest BCUT2D eigenvalue weighted by molar-refractivity contribution is 9.10. The summed E-state index contributed by atoms with van der Waals surface area (Å²) in [6, 6.07) is 17.9. The van der Waals surface area contributed by atoms with E-state index in [0.717, 1.165) is 42.5 Å². The Balaban J connectivity index is 1.50. The summed E-state index contributed by atoms with van der Waals surface area (Å²) in [4.78, 5) is 21.9. The summed E-state index contributed by atoms with van der Waals surface area (Å²) >= 11 is 3.39. The maximum Gasteiger partial charge on any atom is 0.353 e. The number of nitrogens with one attached hydrogen (secondary N) is 1. The second kappa shape index (κ2) is 9.21. The van der Waals surface area contributed by atoms with Crippen molar-refractivity contribution in [2.45, 2.75) is 19.3 Å². The third kappa shape index (κ3) is 4.76. The largest absolute Gasteiger partial charge is 0.353 e. The van der Waals surface area contributed by atoms with Crippen molar-refractivity contribution in [3.8, 4) is 0 Å². The molecule has 1 aliphatic heterocycles. The third-order valence-corrected chi connectivity index (χ3v) is 5.90. The van der Waals surface area contributed by atoms with E-state index in [9.17, 15) is 10.1 Å². The molecular weight excluding hydrogens is 446 g/mol. The maximum atomic E-state index is 11.9. The fourth-order valence-electron chi connectivity index (χ4n) is 3.83. The molecule has 1 saturated heterocycles. The Bertz CT molecular complexity index is 1010. The van der Waals surface area contributed by atoms with E-state index >= 15 is 0 Å². The lowest BCUT2D eigenvalue weighted by Gasteiger charge is -2.32. The predicted molar refractivity (Wildman–Crippen MR) is 121 cm³/mol. The highest BCUT2D eigenvalue weighted by Crippen LogP contribution is 2.36.